The van der Waals surface area contributed by atoms with E-state index >= 15 is 0 Å². The lowest BCUT2D eigenvalue weighted by Crippen LogP contribution is -2.99. The highest BCUT2D eigenvalue weighted by Crippen LogP contribution is 2.27. The van der Waals surface area contributed by atoms with Gasteiger partial charge >= 0.3 is 0 Å². The average Bonchev–Trinajstić information content (AvgIpc) is 3.10. The molecule has 0 aromatic heterocycles. The van der Waals surface area contributed by atoms with Gasteiger partial charge in [0.2, 0.25) is 5.91 Å². The maximum Gasteiger partial charge on any atom is 0.241 e. The molecule has 1 N–H and O–H groups in total. The van der Waals surface area contributed by atoms with Crippen LogP contribution in [0.1, 0.15) is 22.9 Å². The number of fused-ring (bicyclic) bond motifs is 1. The van der Waals surface area contributed by atoms with Crippen molar-refractivity contribution in [3.05, 3.63) is 35.1 Å². The standard InChI is InChI=1S/C15H18BrFN2O/c1-9-3-4-11(7-12(9)17)14(16)15(20)18-5-6-19-10(2)13(19)8-18/h3-4,7,10,13-14H,5-6,8H2,1-2H3/p+1/t10-,13?,14?,19?/m1/s1. The number of rotatable bonds is 2. The Bertz CT molecular complexity index is 551. The van der Waals surface area contributed by atoms with Gasteiger partial charge in [0.1, 0.15) is 16.7 Å². The third-order valence-corrected chi connectivity index (χ3v) is 5.58. The van der Waals surface area contributed by atoms with Gasteiger partial charge < -0.3 is 9.80 Å². The molecule has 1 aromatic carbocycles. The molecule has 3 rings (SSSR count). The van der Waals surface area contributed by atoms with Crippen molar-refractivity contribution in [1.29, 1.82) is 0 Å². The van der Waals surface area contributed by atoms with E-state index in [0.717, 1.165) is 19.6 Å². The maximum atomic E-state index is 13.6. The molecule has 2 heterocycles. The molecule has 0 radical (unpaired) electrons. The fourth-order valence-electron chi connectivity index (χ4n) is 3.09. The molecule has 3 unspecified atom stereocenters. The minimum Gasteiger partial charge on any atom is -0.330 e. The van der Waals surface area contributed by atoms with E-state index in [2.05, 4.69) is 22.9 Å². The largest absolute Gasteiger partial charge is 0.330 e. The van der Waals surface area contributed by atoms with Crippen LogP contribution in [0.4, 0.5) is 4.39 Å². The van der Waals surface area contributed by atoms with Crippen LogP contribution in [0.25, 0.3) is 0 Å². The lowest BCUT2D eigenvalue weighted by molar-refractivity contribution is -0.792. The van der Waals surface area contributed by atoms with Gasteiger partial charge in [0.25, 0.3) is 0 Å². The number of carbonyl (C=O) groups excluding carboxylic acids is 1. The van der Waals surface area contributed by atoms with E-state index in [1.165, 1.54) is 6.07 Å². The van der Waals surface area contributed by atoms with E-state index in [1.807, 2.05) is 11.0 Å². The van der Waals surface area contributed by atoms with Crippen molar-refractivity contribution in [2.45, 2.75) is 30.8 Å². The van der Waals surface area contributed by atoms with E-state index in [1.54, 1.807) is 17.9 Å². The number of nitrogens with zero attached hydrogens (tertiary/aromatic N) is 1. The zero-order chi connectivity index (χ0) is 14.4. The minimum atomic E-state index is -0.451. The van der Waals surface area contributed by atoms with E-state index < -0.39 is 4.83 Å². The molecule has 1 aromatic rings. The molecule has 2 aliphatic heterocycles. The molecular formula is C15H19BrFN2O+. The van der Waals surface area contributed by atoms with Gasteiger partial charge in [0, 0.05) is 0 Å². The van der Waals surface area contributed by atoms with Gasteiger partial charge in [0.05, 0.1) is 19.6 Å². The first-order valence-electron chi connectivity index (χ1n) is 7.03. The van der Waals surface area contributed by atoms with Crippen LogP contribution in [0.15, 0.2) is 18.2 Å². The highest BCUT2D eigenvalue weighted by Gasteiger charge is 2.54. The molecule has 2 aliphatic rings. The lowest BCUT2D eigenvalue weighted by atomic mass is 10.1. The van der Waals surface area contributed by atoms with Crippen LogP contribution >= 0.6 is 15.9 Å². The third kappa shape index (κ3) is 2.37. The number of piperazine rings is 1. The number of benzene rings is 1. The molecule has 20 heavy (non-hydrogen) atoms. The number of alkyl halides is 1. The van der Waals surface area contributed by atoms with Crippen molar-refractivity contribution in [1.82, 2.24) is 4.90 Å². The van der Waals surface area contributed by atoms with Crippen molar-refractivity contribution >= 4 is 21.8 Å². The molecule has 1 amide bonds. The Kier molecular flexibility index (Phi) is 3.58. The van der Waals surface area contributed by atoms with Crippen molar-refractivity contribution in [2.24, 2.45) is 0 Å². The van der Waals surface area contributed by atoms with Crippen molar-refractivity contribution in [3.63, 3.8) is 0 Å². The molecule has 0 spiro atoms. The predicted molar refractivity (Wildman–Crippen MR) is 78.5 cm³/mol. The van der Waals surface area contributed by atoms with Gasteiger partial charge in [-0.3, -0.25) is 4.79 Å². The van der Waals surface area contributed by atoms with Gasteiger partial charge in [-0.15, -0.1) is 0 Å². The predicted octanol–water partition coefficient (Wildman–Crippen LogP) is 1.07. The second kappa shape index (κ2) is 5.11. The lowest BCUT2D eigenvalue weighted by Gasteiger charge is -2.26. The van der Waals surface area contributed by atoms with Crippen LogP contribution in [0.2, 0.25) is 0 Å². The first-order chi connectivity index (χ1) is 9.49. The van der Waals surface area contributed by atoms with Crippen LogP contribution < -0.4 is 4.90 Å². The zero-order valence-corrected chi connectivity index (χ0v) is 13.3. The van der Waals surface area contributed by atoms with Crippen molar-refractivity contribution in [3.8, 4) is 0 Å². The van der Waals surface area contributed by atoms with E-state index in [0.29, 0.717) is 23.2 Å². The topological polar surface area (TPSA) is 24.8 Å². The van der Waals surface area contributed by atoms with E-state index in [9.17, 15) is 9.18 Å². The first-order valence-corrected chi connectivity index (χ1v) is 7.95. The highest BCUT2D eigenvalue weighted by atomic mass is 79.9. The second-order valence-electron chi connectivity index (χ2n) is 5.88. The van der Waals surface area contributed by atoms with Crippen LogP contribution in [0.3, 0.4) is 0 Å². The van der Waals surface area contributed by atoms with E-state index in [4.69, 9.17) is 0 Å². The number of hydrogen-bond acceptors (Lipinski definition) is 1. The molecular weight excluding hydrogens is 323 g/mol. The van der Waals surface area contributed by atoms with Gasteiger partial charge in [-0.25, -0.2) is 4.39 Å². The Labute approximate surface area is 126 Å². The summed E-state index contributed by atoms with van der Waals surface area (Å²) >= 11 is 3.43. The van der Waals surface area contributed by atoms with Crippen LogP contribution in [0.5, 0.6) is 0 Å². The smallest absolute Gasteiger partial charge is 0.241 e. The fourth-order valence-corrected chi connectivity index (χ4v) is 3.67. The van der Waals surface area contributed by atoms with E-state index in [-0.39, 0.29) is 11.7 Å². The number of halogens is 2. The first kappa shape index (κ1) is 14.0. The quantitative estimate of drug-likeness (QED) is 0.631. The Hall–Kier alpha value is -0.940. The minimum absolute atomic E-state index is 0.0476. The third-order valence-electron chi connectivity index (χ3n) is 4.66. The summed E-state index contributed by atoms with van der Waals surface area (Å²) in [6, 6.07) is 6.27. The molecule has 2 saturated heterocycles. The van der Waals surface area contributed by atoms with Crippen LogP contribution in [-0.2, 0) is 4.79 Å². The average molecular weight is 342 g/mol. The summed E-state index contributed by atoms with van der Waals surface area (Å²) < 4.78 is 13.6. The summed E-state index contributed by atoms with van der Waals surface area (Å²) in [5.41, 5.74) is 1.29. The number of carbonyl (C=O) groups is 1. The van der Waals surface area contributed by atoms with Crippen LogP contribution in [-0.4, -0.2) is 42.5 Å². The van der Waals surface area contributed by atoms with Gasteiger partial charge in [-0.05, 0) is 31.0 Å². The van der Waals surface area contributed by atoms with Gasteiger partial charge in [0.15, 0.2) is 6.04 Å². The zero-order valence-electron chi connectivity index (χ0n) is 11.7. The number of hydrogen-bond donors (Lipinski definition) is 1. The Balaban J connectivity index is 1.71. The second-order valence-corrected chi connectivity index (χ2v) is 6.79. The molecule has 4 atom stereocenters. The Morgan fingerprint density at radius 2 is 2.30 bits per heavy atom. The number of nitrogens with one attached hydrogen (secondary N) is 1. The summed E-state index contributed by atoms with van der Waals surface area (Å²) in [6.45, 7) is 6.60. The summed E-state index contributed by atoms with van der Waals surface area (Å²) in [4.78, 5) is 15.6. The summed E-state index contributed by atoms with van der Waals surface area (Å²) in [7, 11) is 0. The maximum absolute atomic E-state index is 13.6. The summed E-state index contributed by atoms with van der Waals surface area (Å²) in [6.07, 6.45) is 0. The Morgan fingerprint density at radius 1 is 1.55 bits per heavy atom. The molecule has 5 heteroatoms. The molecule has 108 valence electrons. The summed E-state index contributed by atoms with van der Waals surface area (Å²) in [5.74, 6) is -0.212. The van der Waals surface area contributed by atoms with Gasteiger partial charge in [-0.1, -0.05) is 28.1 Å². The number of aryl methyl sites for hydroxylation is 1. The molecule has 0 saturated carbocycles. The van der Waals surface area contributed by atoms with Crippen molar-refractivity contribution in [2.75, 3.05) is 19.6 Å². The van der Waals surface area contributed by atoms with Crippen molar-refractivity contribution < 1.29 is 14.1 Å². The SMILES string of the molecule is Cc1ccc(C(Br)C(=O)N2CC[NH+]3C(C2)[C@H]3C)cc1F. The molecule has 2 fully saturated rings. The van der Waals surface area contributed by atoms with Crippen LogP contribution in [0, 0.1) is 12.7 Å². The molecule has 3 nitrogen and oxygen atoms in total. The van der Waals surface area contributed by atoms with Gasteiger partial charge in [-0.2, -0.15) is 0 Å². The number of quaternary nitrogens is 1. The molecule has 0 bridgehead atoms. The molecule has 0 aliphatic carbocycles. The number of amides is 1. The highest BCUT2D eigenvalue weighted by molar-refractivity contribution is 9.09. The normalized spacial score (nSPS) is 29.8. The summed E-state index contributed by atoms with van der Waals surface area (Å²) in [5, 5.41) is 0. The fraction of sp³-hybridized carbons (Fsp3) is 0.533. The Morgan fingerprint density at radius 3 is 2.95 bits per heavy atom. The monoisotopic (exact) mass is 341 g/mol.